The van der Waals surface area contributed by atoms with Gasteiger partial charge in [0.1, 0.15) is 5.75 Å². The molecule has 0 heterocycles. The minimum absolute atomic E-state index is 0.152. The quantitative estimate of drug-likeness (QED) is 0.848. The van der Waals surface area contributed by atoms with Crippen LogP contribution in [0.3, 0.4) is 0 Å². The lowest BCUT2D eigenvalue weighted by molar-refractivity contribution is -0.119. The monoisotopic (exact) mass is 281 g/mol. The molecule has 0 saturated carbocycles. The Morgan fingerprint density at radius 3 is 2.81 bits per heavy atom. The van der Waals surface area contributed by atoms with Crippen molar-refractivity contribution in [3.8, 4) is 11.8 Å². The van der Waals surface area contributed by atoms with Gasteiger partial charge < -0.3 is 15.8 Å². The van der Waals surface area contributed by atoms with Crippen molar-refractivity contribution in [2.75, 3.05) is 11.9 Å². The third-order valence-corrected chi connectivity index (χ3v) is 2.84. The number of hydrogen-bond acceptors (Lipinski definition) is 4. The fourth-order valence-corrected chi connectivity index (χ4v) is 1.83. The lowest BCUT2D eigenvalue weighted by Crippen LogP contribution is -2.20. The van der Waals surface area contributed by atoms with Crippen LogP contribution in [-0.4, -0.2) is 12.5 Å². The number of nitriles is 1. The van der Waals surface area contributed by atoms with E-state index < -0.39 is 5.91 Å². The van der Waals surface area contributed by atoms with Gasteiger partial charge in [-0.2, -0.15) is 5.26 Å². The first-order valence-corrected chi connectivity index (χ1v) is 6.42. The molecule has 5 heteroatoms. The molecular weight excluding hydrogens is 266 g/mol. The molecule has 2 aromatic carbocycles. The van der Waals surface area contributed by atoms with E-state index in [9.17, 15) is 4.79 Å². The zero-order valence-electron chi connectivity index (χ0n) is 11.4. The average Bonchev–Trinajstić information content (AvgIpc) is 2.51. The molecule has 0 aliphatic heterocycles. The number of anilines is 1. The van der Waals surface area contributed by atoms with Crippen LogP contribution in [-0.2, 0) is 11.3 Å². The third kappa shape index (κ3) is 4.25. The SMILES string of the molecule is N#Cc1ccccc1CNc1cccc(OCC(N)=O)c1. The van der Waals surface area contributed by atoms with Crippen LogP contribution in [0.2, 0.25) is 0 Å². The van der Waals surface area contributed by atoms with Crippen LogP contribution in [0, 0.1) is 11.3 Å². The van der Waals surface area contributed by atoms with E-state index >= 15 is 0 Å². The van der Waals surface area contributed by atoms with Crippen molar-refractivity contribution in [2.45, 2.75) is 6.54 Å². The molecule has 0 aliphatic rings. The summed E-state index contributed by atoms with van der Waals surface area (Å²) in [5, 5.41) is 12.3. The van der Waals surface area contributed by atoms with Crippen LogP contribution < -0.4 is 15.8 Å². The minimum Gasteiger partial charge on any atom is -0.484 e. The molecule has 106 valence electrons. The Morgan fingerprint density at radius 2 is 2.05 bits per heavy atom. The summed E-state index contributed by atoms with van der Waals surface area (Å²) in [6, 6.07) is 16.8. The number of nitrogens with one attached hydrogen (secondary N) is 1. The molecule has 0 aliphatic carbocycles. The van der Waals surface area contributed by atoms with E-state index in [4.69, 9.17) is 15.7 Å². The smallest absolute Gasteiger partial charge is 0.255 e. The minimum atomic E-state index is -0.517. The second-order valence-electron chi connectivity index (χ2n) is 4.41. The highest BCUT2D eigenvalue weighted by atomic mass is 16.5. The molecule has 1 amide bonds. The first-order valence-electron chi connectivity index (χ1n) is 6.42. The van der Waals surface area contributed by atoms with Crippen molar-refractivity contribution in [3.63, 3.8) is 0 Å². The molecule has 0 fully saturated rings. The lowest BCUT2D eigenvalue weighted by atomic mass is 10.1. The summed E-state index contributed by atoms with van der Waals surface area (Å²) in [5.41, 5.74) is 7.44. The maximum absolute atomic E-state index is 10.7. The Bertz CT molecular complexity index is 677. The van der Waals surface area contributed by atoms with Crippen molar-refractivity contribution in [1.29, 1.82) is 5.26 Å². The number of amides is 1. The fraction of sp³-hybridized carbons (Fsp3) is 0.125. The molecule has 0 unspecified atom stereocenters. The molecular formula is C16H15N3O2. The summed E-state index contributed by atoms with van der Waals surface area (Å²) >= 11 is 0. The van der Waals surface area contributed by atoms with Gasteiger partial charge in [0.05, 0.1) is 11.6 Å². The molecule has 0 radical (unpaired) electrons. The van der Waals surface area contributed by atoms with E-state index in [1.165, 1.54) is 0 Å². The van der Waals surface area contributed by atoms with Gasteiger partial charge >= 0.3 is 0 Å². The number of hydrogen-bond donors (Lipinski definition) is 2. The van der Waals surface area contributed by atoms with Gasteiger partial charge in [-0.3, -0.25) is 4.79 Å². The molecule has 0 spiro atoms. The first-order chi connectivity index (χ1) is 10.2. The zero-order chi connectivity index (χ0) is 15.1. The maximum Gasteiger partial charge on any atom is 0.255 e. The van der Waals surface area contributed by atoms with Crippen molar-refractivity contribution >= 4 is 11.6 Å². The number of benzene rings is 2. The number of nitrogens with zero attached hydrogens (tertiary/aromatic N) is 1. The predicted molar refractivity (Wildman–Crippen MR) is 79.6 cm³/mol. The number of primary amides is 1. The molecule has 0 aromatic heterocycles. The van der Waals surface area contributed by atoms with E-state index in [2.05, 4.69) is 11.4 Å². The van der Waals surface area contributed by atoms with Crippen molar-refractivity contribution in [2.24, 2.45) is 5.73 Å². The van der Waals surface area contributed by atoms with Gasteiger partial charge in [-0.05, 0) is 23.8 Å². The van der Waals surface area contributed by atoms with Gasteiger partial charge in [-0.15, -0.1) is 0 Å². The van der Waals surface area contributed by atoms with Gasteiger partial charge in [0.2, 0.25) is 0 Å². The predicted octanol–water partition coefficient (Wildman–Crippen LogP) is 2.03. The maximum atomic E-state index is 10.7. The molecule has 3 N–H and O–H groups in total. The molecule has 2 aromatic rings. The Kier molecular flexibility index (Phi) is 4.78. The van der Waals surface area contributed by atoms with E-state index in [1.54, 1.807) is 18.2 Å². The van der Waals surface area contributed by atoms with Crippen LogP contribution >= 0.6 is 0 Å². The van der Waals surface area contributed by atoms with E-state index in [0.29, 0.717) is 17.9 Å². The molecule has 0 atom stereocenters. The van der Waals surface area contributed by atoms with Crippen LogP contribution in [0.15, 0.2) is 48.5 Å². The summed E-state index contributed by atoms with van der Waals surface area (Å²) in [4.78, 5) is 10.7. The molecule has 0 bridgehead atoms. The van der Waals surface area contributed by atoms with Crippen molar-refractivity contribution < 1.29 is 9.53 Å². The molecule has 5 nitrogen and oxygen atoms in total. The van der Waals surface area contributed by atoms with E-state index in [1.807, 2.05) is 30.3 Å². The second kappa shape index (κ2) is 6.96. The van der Waals surface area contributed by atoms with Crippen molar-refractivity contribution in [3.05, 3.63) is 59.7 Å². The normalized spacial score (nSPS) is 9.67. The summed E-state index contributed by atoms with van der Waals surface area (Å²) < 4.78 is 5.24. The third-order valence-electron chi connectivity index (χ3n) is 2.84. The van der Waals surface area contributed by atoms with E-state index in [0.717, 1.165) is 11.3 Å². The Morgan fingerprint density at radius 1 is 1.24 bits per heavy atom. The van der Waals surface area contributed by atoms with Crippen molar-refractivity contribution in [1.82, 2.24) is 0 Å². The number of carbonyl (C=O) groups excluding carboxylic acids is 1. The zero-order valence-corrected chi connectivity index (χ0v) is 11.4. The number of carbonyl (C=O) groups is 1. The summed E-state index contributed by atoms with van der Waals surface area (Å²) in [6.07, 6.45) is 0. The van der Waals surface area contributed by atoms with Gasteiger partial charge in [0, 0.05) is 18.3 Å². The first kappa shape index (κ1) is 14.4. The number of rotatable bonds is 6. The Hall–Kier alpha value is -3.00. The summed E-state index contributed by atoms with van der Waals surface area (Å²) in [5.74, 6) is 0.0451. The Labute approximate surface area is 123 Å². The van der Waals surface area contributed by atoms with Crippen LogP contribution in [0.25, 0.3) is 0 Å². The second-order valence-corrected chi connectivity index (χ2v) is 4.41. The highest BCUT2D eigenvalue weighted by molar-refractivity contribution is 5.75. The number of nitrogens with two attached hydrogens (primary N) is 1. The van der Waals surface area contributed by atoms with Gasteiger partial charge in [0.25, 0.3) is 5.91 Å². The number of ether oxygens (including phenoxy) is 1. The van der Waals surface area contributed by atoms with Crippen LogP contribution in [0.1, 0.15) is 11.1 Å². The highest BCUT2D eigenvalue weighted by Gasteiger charge is 2.02. The van der Waals surface area contributed by atoms with Crippen LogP contribution in [0.4, 0.5) is 5.69 Å². The standard InChI is InChI=1S/C16H15N3O2/c17-9-12-4-1-2-5-13(12)10-19-14-6-3-7-15(8-14)21-11-16(18)20/h1-8,19H,10-11H2,(H2,18,20). The van der Waals surface area contributed by atoms with Gasteiger partial charge in [0.15, 0.2) is 6.61 Å². The summed E-state index contributed by atoms with van der Waals surface area (Å²) in [6.45, 7) is 0.379. The van der Waals surface area contributed by atoms with E-state index in [-0.39, 0.29) is 6.61 Å². The molecule has 21 heavy (non-hydrogen) atoms. The Balaban J connectivity index is 2.02. The van der Waals surface area contributed by atoms with Gasteiger partial charge in [-0.1, -0.05) is 24.3 Å². The molecule has 2 rings (SSSR count). The fourth-order valence-electron chi connectivity index (χ4n) is 1.83. The highest BCUT2D eigenvalue weighted by Crippen LogP contribution is 2.18. The molecule has 0 saturated heterocycles. The largest absolute Gasteiger partial charge is 0.484 e. The van der Waals surface area contributed by atoms with Crippen LogP contribution in [0.5, 0.6) is 5.75 Å². The lowest BCUT2D eigenvalue weighted by Gasteiger charge is -2.10. The summed E-state index contributed by atoms with van der Waals surface area (Å²) in [7, 11) is 0. The van der Waals surface area contributed by atoms with Gasteiger partial charge in [-0.25, -0.2) is 0 Å². The topological polar surface area (TPSA) is 88.1 Å². The average molecular weight is 281 g/mol.